The van der Waals surface area contributed by atoms with Gasteiger partial charge in [-0.05, 0) is 50.5 Å². The number of rotatable bonds is 9. The Balaban J connectivity index is 1.52. The van der Waals surface area contributed by atoms with Crippen LogP contribution in [-0.4, -0.2) is 60.3 Å². The van der Waals surface area contributed by atoms with E-state index in [-0.39, 0.29) is 21.9 Å². The second-order valence-electron chi connectivity index (χ2n) is 9.93. The molecule has 1 aliphatic heterocycles. The molecule has 4 rings (SSSR count). The Hall–Kier alpha value is -3.01. The topological polar surface area (TPSA) is 91.7 Å². The molecule has 0 bridgehead atoms. The van der Waals surface area contributed by atoms with Crippen molar-refractivity contribution in [3.8, 4) is 0 Å². The average molecular weight is 525 g/mol. The van der Waals surface area contributed by atoms with Crippen molar-refractivity contribution >= 4 is 26.8 Å². The maximum Gasteiger partial charge on any atom is 0.256 e. The van der Waals surface area contributed by atoms with E-state index in [0.717, 1.165) is 25.8 Å². The van der Waals surface area contributed by atoms with Crippen LogP contribution in [0.15, 0.2) is 64.4 Å². The van der Waals surface area contributed by atoms with Gasteiger partial charge in [0.05, 0.1) is 10.4 Å². The standard InChI is InChI=1S/C28H36N4O4S/c1-21(2)31(19-22-10-6-4-7-11-22)17-14-29-28(34)25-20-30(3)26-13-12-23(18-24(26)27(25)33)37(35,36)32-15-8-5-9-16-32/h4,6-7,10-13,18,20-21H,5,8-9,14-17,19H2,1-3H3,(H,29,34). The molecule has 0 radical (unpaired) electrons. The summed E-state index contributed by atoms with van der Waals surface area (Å²) in [6.07, 6.45) is 4.20. The lowest BCUT2D eigenvalue weighted by Gasteiger charge is -2.26. The van der Waals surface area contributed by atoms with Gasteiger partial charge >= 0.3 is 0 Å². The number of hydrogen-bond donors (Lipinski definition) is 1. The molecule has 1 amide bonds. The molecule has 1 aromatic heterocycles. The summed E-state index contributed by atoms with van der Waals surface area (Å²) in [6.45, 7) is 6.97. The van der Waals surface area contributed by atoms with Gasteiger partial charge in [-0.15, -0.1) is 0 Å². The SMILES string of the molecule is CC(C)N(CCNC(=O)c1cn(C)c2ccc(S(=O)(=O)N3CCCCC3)cc2c1=O)Cc1ccccc1. The summed E-state index contributed by atoms with van der Waals surface area (Å²) in [5.74, 6) is -0.463. The van der Waals surface area contributed by atoms with Crippen molar-refractivity contribution in [1.82, 2.24) is 19.1 Å². The lowest BCUT2D eigenvalue weighted by molar-refractivity contribution is 0.0942. The first-order valence-corrected chi connectivity index (χ1v) is 14.3. The molecule has 1 N–H and O–H groups in total. The number of amides is 1. The van der Waals surface area contributed by atoms with Gasteiger partial charge in [0, 0.05) is 57.4 Å². The molecule has 1 aliphatic rings. The molecule has 2 heterocycles. The minimum Gasteiger partial charge on any atom is -0.351 e. The zero-order valence-electron chi connectivity index (χ0n) is 21.8. The van der Waals surface area contributed by atoms with Gasteiger partial charge in [0.25, 0.3) is 5.91 Å². The first-order chi connectivity index (χ1) is 17.7. The summed E-state index contributed by atoms with van der Waals surface area (Å²) in [7, 11) is -1.95. The van der Waals surface area contributed by atoms with Gasteiger partial charge < -0.3 is 9.88 Å². The van der Waals surface area contributed by atoms with E-state index < -0.39 is 21.4 Å². The fourth-order valence-corrected chi connectivity index (χ4v) is 6.34. The van der Waals surface area contributed by atoms with Crippen LogP contribution in [0.5, 0.6) is 0 Å². The average Bonchev–Trinajstić information content (AvgIpc) is 2.90. The number of aromatic nitrogens is 1. The first-order valence-electron chi connectivity index (χ1n) is 12.9. The molecule has 0 atom stereocenters. The Morgan fingerprint density at radius 1 is 1.05 bits per heavy atom. The number of nitrogens with zero attached hydrogens (tertiary/aromatic N) is 3. The number of piperidine rings is 1. The minimum absolute atomic E-state index is 0.00155. The number of nitrogens with one attached hydrogen (secondary N) is 1. The second-order valence-corrected chi connectivity index (χ2v) is 11.9. The maximum absolute atomic E-state index is 13.3. The Labute approximate surface area is 218 Å². The fourth-order valence-electron chi connectivity index (χ4n) is 4.79. The number of sulfonamides is 1. The van der Waals surface area contributed by atoms with Crippen LogP contribution in [0.2, 0.25) is 0 Å². The van der Waals surface area contributed by atoms with Crippen molar-refractivity contribution < 1.29 is 13.2 Å². The van der Waals surface area contributed by atoms with Crippen molar-refractivity contribution in [2.45, 2.75) is 50.6 Å². The lowest BCUT2D eigenvalue weighted by atomic mass is 10.1. The lowest BCUT2D eigenvalue weighted by Crippen LogP contribution is -2.39. The van der Waals surface area contributed by atoms with Crippen LogP contribution >= 0.6 is 0 Å². The molecular weight excluding hydrogens is 488 g/mol. The molecule has 37 heavy (non-hydrogen) atoms. The maximum atomic E-state index is 13.3. The minimum atomic E-state index is -3.69. The Kier molecular flexibility index (Phi) is 8.46. The summed E-state index contributed by atoms with van der Waals surface area (Å²) < 4.78 is 29.5. The van der Waals surface area contributed by atoms with Gasteiger partial charge in [-0.1, -0.05) is 36.8 Å². The van der Waals surface area contributed by atoms with E-state index in [1.807, 2.05) is 18.2 Å². The number of fused-ring (bicyclic) bond motifs is 1. The van der Waals surface area contributed by atoms with Crippen LogP contribution in [0, 0.1) is 0 Å². The molecule has 1 fully saturated rings. The van der Waals surface area contributed by atoms with Gasteiger partial charge in [-0.25, -0.2) is 8.42 Å². The summed E-state index contributed by atoms with van der Waals surface area (Å²) in [5, 5.41) is 3.10. The van der Waals surface area contributed by atoms with Crippen molar-refractivity contribution in [3.63, 3.8) is 0 Å². The number of carbonyl (C=O) groups is 1. The molecule has 0 aliphatic carbocycles. The number of aryl methyl sites for hydroxylation is 1. The molecule has 3 aromatic rings. The van der Waals surface area contributed by atoms with Gasteiger partial charge in [0.2, 0.25) is 15.5 Å². The van der Waals surface area contributed by atoms with E-state index in [1.165, 1.54) is 22.1 Å². The third kappa shape index (κ3) is 6.11. The predicted molar refractivity (Wildman–Crippen MR) is 146 cm³/mol. The number of hydrogen-bond acceptors (Lipinski definition) is 5. The van der Waals surface area contributed by atoms with Crippen LogP contribution < -0.4 is 10.7 Å². The summed E-state index contributed by atoms with van der Waals surface area (Å²) in [5.41, 5.74) is 1.31. The quantitative estimate of drug-likeness (QED) is 0.464. The van der Waals surface area contributed by atoms with Gasteiger partial charge in [-0.3, -0.25) is 14.5 Å². The monoisotopic (exact) mass is 524 g/mol. The fraction of sp³-hybridized carbons (Fsp3) is 0.429. The molecule has 0 unspecified atom stereocenters. The predicted octanol–water partition coefficient (Wildman–Crippen LogP) is 3.35. The molecule has 2 aromatic carbocycles. The Morgan fingerprint density at radius 2 is 1.76 bits per heavy atom. The third-order valence-electron chi connectivity index (χ3n) is 7.00. The van der Waals surface area contributed by atoms with E-state index in [4.69, 9.17) is 0 Å². The molecule has 0 spiro atoms. The van der Waals surface area contributed by atoms with E-state index in [2.05, 4.69) is 36.2 Å². The van der Waals surface area contributed by atoms with Gasteiger partial charge in [-0.2, -0.15) is 4.31 Å². The van der Waals surface area contributed by atoms with E-state index in [0.29, 0.717) is 31.7 Å². The Bertz CT molecular complexity index is 1410. The number of pyridine rings is 1. The van der Waals surface area contributed by atoms with Crippen molar-refractivity contribution in [2.24, 2.45) is 7.05 Å². The van der Waals surface area contributed by atoms with Gasteiger partial charge in [0.1, 0.15) is 5.56 Å². The largest absolute Gasteiger partial charge is 0.351 e. The number of carbonyl (C=O) groups excluding carboxylic acids is 1. The molecule has 0 saturated carbocycles. The molecular formula is C28H36N4O4S. The summed E-state index contributed by atoms with van der Waals surface area (Å²) in [4.78, 5) is 28.7. The van der Waals surface area contributed by atoms with Crippen LogP contribution in [0.3, 0.4) is 0 Å². The number of benzene rings is 2. The van der Waals surface area contributed by atoms with E-state index in [9.17, 15) is 18.0 Å². The Morgan fingerprint density at radius 3 is 2.43 bits per heavy atom. The van der Waals surface area contributed by atoms with Gasteiger partial charge in [0.15, 0.2) is 0 Å². The molecule has 198 valence electrons. The smallest absolute Gasteiger partial charge is 0.256 e. The highest BCUT2D eigenvalue weighted by molar-refractivity contribution is 7.89. The summed E-state index contributed by atoms with van der Waals surface area (Å²) >= 11 is 0. The molecule has 9 heteroatoms. The first kappa shape index (κ1) is 27.0. The second kappa shape index (κ2) is 11.6. The molecule has 1 saturated heterocycles. The van der Waals surface area contributed by atoms with Crippen molar-refractivity contribution in [1.29, 1.82) is 0 Å². The van der Waals surface area contributed by atoms with Crippen LogP contribution in [0.4, 0.5) is 0 Å². The van der Waals surface area contributed by atoms with Crippen LogP contribution in [0.25, 0.3) is 10.9 Å². The molecule has 8 nitrogen and oxygen atoms in total. The third-order valence-corrected chi connectivity index (χ3v) is 8.90. The highest BCUT2D eigenvalue weighted by Crippen LogP contribution is 2.23. The highest BCUT2D eigenvalue weighted by atomic mass is 32.2. The zero-order chi connectivity index (χ0) is 26.6. The van der Waals surface area contributed by atoms with Crippen molar-refractivity contribution in [2.75, 3.05) is 26.2 Å². The van der Waals surface area contributed by atoms with E-state index in [1.54, 1.807) is 23.7 Å². The van der Waals surface area contributed by atoms with E-state index >= 15 is 0 Å². The zero-order valence-corrected chi connectivity index (χ0v) is 22.6. The van der Waals surface area contributed by atoms with Crippen LogP contribution in [-0.2, 0) is 23.6 Å². The van der Waals surface area contributed by atoms with Crippen LogP contribution in [0.1, 0.15) is 49.0 Å². The van der Waals surface area contributed by atoms with Crippen molar-refractivity contribution in [3.05, 3.63) is 76.1 Å². The highest BCUT2D eigenvalue weighted by Gasteiger charge is 2.27. The summed E-state index contributed by atoms with van der Waals surface area (Å²) in [6, 6.07) is 15.0. The normalized spacial score (nSPS) is 14.9.